The number of fused-ring (bicyclic) bond motifs is 1. The summed E-state index contributed by atoms with van der Waals surface area (Å²) in [5.74, 6) is 0.377. The maximum Gasteiger partial charge on any atom is 0.341 e. The monoisotopic (exact) mass is 454 g/mol. The molecule has 1 aromatic rings. The fourth-order valence-corrected chi connectivity index (χ4v) is 7.52. The van der Waals surface area contributed by atoms with Crippen LogP contribution in [0.3, 0.4) is 0 Å². The van der Waals surface area contributed by atoms with E-state index in [2.05, 4.69) is 9.83 Å². The Hall–Kier alpha value is -2.70. The van der Waals surface area contributed by atoms with Crippen LogP contribution in [0.5, 0.6) is 0 Å². The predicted molar refractivity (Wildman–Crippen MR) is 118 cm³/mol. The van der Waals surface area contributed by atoms with Gasteiger partial charge in [0.25, 0.3) is 5.56 Å². The number of rotatable bonds is 3. The molecule has 3 unspecified atom stereocenters. The van der Waals surface area contributed by atoms with Crippen LogP contribution in [0.25, 0.3) is 4.85 Å². The number of hydrogen-bond acceptors (Lipinski definition) is 5. The molecule has 6 aliphatic rings. The Labute approximate surface area is 191 Å². The SMILES string of the molecule is O=C(O)c1ccc[nH]c1=O.[C-]#[N+][C@@H]1C[C@@H]2C[C@@H]2N1C(=O)C(N)C12CC3CC(CC(O)(C3)C1)C2. The molecule has 0 radical (unpaired) electrons. The number of piperidine rings is 1. The molecular formula is C24H30N4O5. The molecule has 5 aliphatic carbocycles. The van der Waals surface area contributed by atoms with Crippen molar-refractivity contribution in [2.75, 3.05) is 0 Å². The van der Waals surface area contributed by atoms with E-state index in [1.54, 1.807) is 0 Å². The average Bonchev–Trinajstić information content (AvgIpc) is 3.41. The van der Waals surface area contributed by atoms with Crippen molar-refractivity contribution >= 4 is 11.9 Å². The minimum Gasteiger partial charge on any atom is -0.477 e. The van der Waals surface area contributed by atoms with Crippen molar-refractivity contribution in [2.24, 2.45) is 28.9 Å². The van der Waals surface area contributed by atoms with E-state index < -0.39 is 23.2 Å². The number of likely N-dealkylation sites (tertiary alicyclic amines) is 1. The van der Waals surface area contributed by atoms with E-state index in [0.717, 1.165) is 38.5 Å². The number of aromatic nitrogens is 1. The van der Waals surface area contributed by atoms with Gasteiger partial charge in [-0.25, -0.2) is 11.4 Å². The van der Waals surface area contributed by atoms with E-state index in [9.17, 15) is 19.5 Å². The number of carboxylic acid groups (broad SMARTS) is 1. The van der Waals surface area contributed by atoms with E-state index in [1.807, 2.05) is 4.90 Å². The fourth-order valence-electron chi connectivity index (χ4n) is 7.52. The van der Waals surface area contributed by atoms with Gasteiger partial charge in [-0.1, -0.05) is 0 Å². The number of H-pyrrole nitrogens is 1. The van der Waals surface area contributed by atoms with Crippen molar-refractivity contribution in [2.45, 2.75) is 75.2 Å². The minimum absolute atomic E-state index is 0.0125. The lowest BCUT2D eigenvalue weighted by Gasteiger charge is -2.61. The number of nitrogens with two attached hydrogens (primary N) is 1. The minimum atomic E-state index is -1.21. The summed E-state index contributed by atoms with van der Waals surface area (Å²) in [5, 5.41) is 19.2. The summed E-state index contributed by atoms with van der Waals surface area (Å²) >= 11 is 0. The molecular weight excluding hydrogens is 424 g/mol. The van der Waals surface area contributed by atoms with Crippen LogP contribution in [0, 0.1) is 29.7 Å². The number of hydrogen-bond donors (Lipinski definition) is 4. The van der Waals surface area contributed by atoms with E-state index in [4.69, 9.17) is 17.4 Å². The van der Waals surface area contributed by atoms with Gasteiger partial charge in [0, 0.05) is 18.7 Å². The highest BCUT2D eigenvalue weighted by Gasteiger charge is 2.63. The summed E-state index contributed by atoms with van der Waals surface area (Å²) in [7, 11) is 0. The highest BCUT2D eigenvalue weighted by atomic mass is 16.4. The van der Waals surface area contributed by atoms with Crippen molar-refractivity contribution in [3.05, 3.63) is 45.7 Å². The van der Waals surface area contributed by atoms with Crippen LogP contribution in [0.4, 0.5) is 0 Å². The third kappa shape index (κ3) is 3.75. The van der Waals surface area contributed by atoms with Gasteiger partial charge in [-0.3, -0.25) is 19.3 Å². The summed E-state index contributed by atoms with van der Waals surface area (Å²) in [6, 6.07) is 2.44. The van der Waals surface area contributed by atoms with Crippen LogP contribution in [0.2, 0.25) is 0 Å². The molecule has 9 nitrogen and oxygen atoms in total. The fraction of sp³-hybridized carbons (Fsp3) is 0.667. The Morgan fingerprint density at radius 1 is 1.21 bits per heavy atom. The van der Waals surface area contributed by atoms with Gasteiger partial charge in [0.05, 0.1) is 11.6 Å². The van der Waals surface area contributed by atoms with Crippen LogP contribution in [-0.4, -0.2) is 55.8 Å². The number of aliphatic hydroxyl groups is 1. The lowest BCUT2D eigenvalue weighted by atomic mass is 9.46. The third-order valence-electron chi connectivity index (χ3n) is 8.53. The lowest BCUT2D eigenvalue weighted by molar-refractivity contribution is -0.177. The Bertz CT molecular complexity index is 1060. The summed E-state index contributed by atoms with van der Waals surface area (Å²) < 4.78 is 0. The molecule has 4 bridgehead atoms. The Kier molecular flexibility index (Phi) is 5.14. The van der Waals surface area contributed by atoms with E-state index in [0.29, 0.717) is 24.2 Å². The molecule has 6 fully saturated rings. The molecule has 7 rings (SSSR count). The molecule has 0 aromatic carbocycles. The number of aromatic carboxylic acids is 1. The zero-order chi connectivity index (χ0) is 23.5. The van der Waals surface area contributed by atoms with E-state index in [-0.39, 0.29) is 29.1 Å². The standard InChI is InChI=1S/C18H25N3O2.C6H5NO3/c1-20-14-4-12-3-13(12)21(14)16(22)15(19)17-5-10-2-11(6-17)8-18(23,7-10)9-17;8-5-4(6(9)10)2-1-3-7-5/h10-15,23H,2-9,19H2;1-3H,(H,7,8)(H,9,10)/t10?,11?,12-,13-,14-,15?,17?,18?;/m0./s1. The Morgan fingerprint density at radius 3 is 2.45 bits per heavy atom. The zero-order valence-electron chi connectivity index (χ0n) is 18.4. The number of carbonyl (C=O) groups is 2. The molecule has 1 saturated heterocycles. The van der Waals surface area contributed by atoms with Gasteiger partial charge in [0.15, 0.2) is 0 Å². The number of aromatic amines is 1. The number of pyridine rings is 1. The van der Waals surface area contributed by atoms with E-state index in [1.165, 1.54) is 24.8 Å². The first-order valence-electron chi connectivity index (χ1n) is 11.7. The van der Waals surface area contributed by atoms with Gasteiger partial charge in [-0.05, 0) is 80.2 Å². The predicted octanol–water partition coefficient (Wildman–Crippen LogP) is 1.58. The van der Waals surface area contributed by atoms with Crippen molar-refractivity contribution in [1.82, 2.24) is 9.88 Å². The Balaban J connectivity index is 0.000000193. The van der Waals surface area contributed by atoms with Crippen LogP contribution in [-0.2, 0) is 4.79 Å². The number of carbonyl (C=O) groups excluding carboxylic acids is 1. The molecule has 0 spiro atoms. The first-order valence-corrected chi connectivity index (χ1v) is 11.7. The maximum absolute atomic E-state index is 13.1. The highest BCUT2D eigenvalue weighted by molar-refractivity contribution is 5.87. The average molecular weight is 455 g/mol. The molecule has 33 heavy (non-hydrogen) atoms. The summed E-state index contributed by atoms with van der Waals surface area (Å²) in [5.41, 5.74) is 4.92. The third-order valence-corrected chi connectivity index (χ3v) is 8.53. The van der Waals surface area contributed by atoms with Crippen LogP contribution in [0.1, 0.15) is 61.7 Å². The summed E-state index contributed by atoms with van der Waals surface area (Å²) in [4.78, 5) is 41.7. The van der Waals surface area contributed by atoms with Gasteiger partial charge in [-0.2, -0.15) is 0 Å². The normalized spacial score (nSPS) is 40.3. The number of amides is 1. The van der Waals surface area contributed by atoms with Gasteiger partial charge in [0.1, 0.15) is 5.56 Å². The van der Waals surface area contributed by atoms with Crippen molar-refractivity contribution in [3.8, 4) is 0 Å². The quantitative estimate of drug-likeness (QED) is 0.511. The lowest BCUT2D eigenvalue weighted by Crippen LogP contribution is -2.64. The molecule has 9 heteroatoms. The number of nitrogens with one attached hydrogen (secondary N) is 1. The zero-order valence-corrected chi connectivity index (χ0v) is 18.4. The smallest absolute Gasteiger partial charge is 0.341 e. The second kappa shape index (κ2) is 7.67. The molecule has 1 aliphatic heterocycles. The first-order chi connectivity index (χ1) is 15.6. The van der Waals surface area contributed by atoms with Gasteiger partial charge in [-0.15, -0.1) is 0 Å². The van der Waals surface area contributed by atoms with Crippen molar-refractivity contribution in [3.63, 3.8) is 0 Å². The van der Waals surface area contributed by atoms with Crippen molar-refractivity contribution < 1.29 is 19.8 Å². The van der Waals surface area contributed by atoms with Crippen LogP contribution >= 0.6 is 0 Å². The molecule has 1 aromatic heterocycles. The molecule has 5 N–H and O–H groups in total. The second-order valence-corrected chi connectivity index (χ2v) is 10.9. The summed E-state index contributed by atoms with van der Waals surface area (Å²) in [6.45, 7) is 7.38. The van der Waals surface area contributed by atoms with Crippen molar-refractivity contribution in [1.29, 1.82) is 0 Å². The molecule has 176 valence electrons. The highest BCUT2D eigenvalue weighted by Crippen LogP contribution is 2.63. The van der Waals surface area contributed by atoms with Gasteiger partial charge < -0.3 is 20.9 Å². The molecule has 5 saturated carbocycles. The first kappa shape index (κ1) is 22.1. The van der Waals surface area contributed by atoms with Crippen LogP contribution < -0.4 is 11.3 Å². The topological polar surface area (TPSA) is 141 Å². The van der Waals surface area contributed by atoms with Crippen LogP contribution in [0.15, 0.2) is 23.1 Å². The molecule has 1 amide bonds. The molecule has 6 atom stereocenters. The largest absolute Gasteiger partial charge is 0.477 e. The Morgan fingerprint density at radius 2 is 1.91 bits per heavy atom. The number of nitrogens with zero attached hydrogens (tertiary/aromatic N) is 2. The number of carboxylic acids is 1. The van der Waals surface area contributed by atoms with Gasteiger partial charge in [0.2, 0.25) is 5.91 Å². The van der Waals surface area contributed by atoms with Gasteiger partial charge >= 0.3 is 12.1 Å². The summed E-state index contributed by atoms with van der Waals surface area (Å²) in [6.07, 6.45) is 8.61. The maximum atomic E-state index is 13.1. The van der Waals surface area contributed by atoms with E-state index >= 15 is 0 Å². The second-order valence-electron chi connectivity index (χ2n) is 10.9. The molecule has 2 heterocycles.